The molecule has 0 aromatic heterocycles. The third-order valence-electron chi connectivity index (χ3n) is 6.25. The van der Waals surface area contributed by atoms with Crippen LogP contribution in [0.2, 0.25) is 0 Å². The number of ether oxygens (including phenoxy) is 1. The summed E-state index contributed by atoms with van der Waals surface area (Å²) in [5, 5.41) is 5.44. The van der Waals surface area contributed by atoms with E-state index in [1.54, 1.807) is 19.1 Å². The van der Waals surface area contributed by atoms with Crippen LogP contribution in [0, 0.1) is 11.7 Å². The van der Waals surface area contributed by atoms with Crippen molar-refractivity contribution in [3.63, 3.8) is 0 Å². The third kappa shape index (κ3) is 6.10. The van der Waals surface area contributed by atoms with Gasteiger partial charge in [-0.15, -0.1) is 0 Å². The molecule has 7 nitrogen and oxygen atoms in total. The summed E-state index contributed by atoms with van der Waals surface area (Å²) in [6.45, 7) is 6.52. The van der Waals surface area contributed by atoms with Crippen LogP contribution in [0.15, 0.2) is 47.5 Å². The van der Waals surface area contributed by atoms with Crippen molar-refractivity contribution in [3.05, 3.63) is 65.0 Å². The standard InChI is InChI=1S/C26H28F4N4O3/c1-14(10-17-8-9-19(20(27)11-17)26(28,29)30)24(35)33-22-25(36)31-21-7-5-4-6-18(21)23(32-22)34-12-15(2)37-16(3)13-34/h4-9,11,14-16,22H,10,12-13H2,1-3H3,(H,31,36)(H,33,35)/t14-,15?,16?,22?/m0/s1. The van der Waals surface area contributed by atoms with Crippen LogP contribution in [0.25, 0.3) is 0 Å². The molecular formula is C26H28F4N4O3. The van der Waals surface area contributed by atoms with Gasteiger partial charge in [-0.1, -0.05) is 25.1 Å². The van der Waals surface area contributed by atoms with E-state index in [-0.39, 0.29) is 24.2 Å². The highest BCUT2D eigenvalue weighted by Gasteiger charge is 2.35. The first-order chi connectivity index (χ1) is 17.4. The van der Waals surface area contributed by atoms with Crippen molar-refractivity contribution in [1.82, 2.24) is 10.2 Å². The van der Waals surface area contributed by atoms with Gasteiger partial charge in [0.25, 0.3) is 5.91 Å². The first-order valence-electron chi connectivity index (χ1n) is 12.0. The summed E-state index contributed by atoms with van der Waals surface area (Å²) in [6, 6.07) is 9.78. The summed E-state index contributed by atoms with van der Waals surface area (Å²) in [5.74, 6) is -2.70. The summed E-state index contributed by atoms with van der Waals surface area (Å²) in [4.78, 5) is 32.6. The number of carbonyl (C=O) groups is 2. The van der Waals surface area contributed by atoms with Crippen molar-refractivity contribution < 1.29 is 31.9 Å². The Morgan fingerprint density at radius 3 is 2.51 bits per heavy atom. The number of rotatable bonds is 4. The Labute approximate surface area is 211 Å². The molecule has 1 saturated heterocycles. The number of nitrogens with one attached hydrogen (secondary N) is 2. The number of amidine groups is 1. The van der Waals surface area contributed by atoms with Crippen molar-refractivity contribution in [2.45, 2.75) is 51.7 Å². The molecule has 0 saturated carbocycles. The third-order valence-corrected chi connectivity index (χ3v) is 6.25. The molecule has 0 radical (unpaired) electrons. The molecule has 11 heteroatoms. The average molecular weight is 521 g/mol. The molecule has 2 N–H and O–H groups in total. The van der Waals surface area contributed by atoms with Gasteiger partial charge in [0.1, 0.15) is 11.7 Å². The van der Waals surface area contributed by atoms with Gasteiger partial charge in [-0.2, -0.15) is 13.2 Å². The number of carbonyl (C=O) groups excluding carboxylic acids is 2. The molecule has 0 spiro atoms. The Morgan fingerprint density at radius 2 is 1.86 bits per heavy atom. The summed E-state index contributed by atoms with van der Waals surface area (Å²) < 4.78 is 58.3. The predicted octanol–water partition coefficient (Wildman–Crippen LogP) is 3.97. The normalized spacial score (nSPS) is 22.9. The summed E-state index contributed by atoms with van der Waals surface area (Å²) in [7, 11) is 0. The number of anilines is 1. The average Bonchev–Trinajstić information content (AvgIpc) is 2.94. The van der Waals surface area contributed by atoms with E-state index in [0.717, 1.165) is 12.1 Å². The predicted molar refractivity (Wildman–Crippen MR) is 129 cm³/mol. The number of alkyl halides is 3. The molecule has 2 amide bonds. The number of fused-ring (bicyclic) bond motifs is 1. The maximum atomic E-state index is 14.0. The van der Waals surface area contributed by atoms with E-state index in [9.17, 15) is 27.2 Å². The lowest BCUT2D eigenvalue weighted by Gasteiger charge is -2.37. The van der Waals surface area contributed by atoms with Gasteiger partial charge >= 0.3 is 6.18 Å². The Kier molecular flexibility index (Phi) is 7.54. The first kappa shape index (κ1) is 26.6. The number of para-hydroxylation sites is 1. The number of aliphatic imine (C=N–C) groups is 1. The van der Waals surface area contributed by atoms with Crippen LogP contribution in [0.1, 0.15) is 37.5 Å². The summed E-state index contributed by atoms with van der Waals surface area (Å²) in [5.41, 5.74) is 0.133. The molecule has 0 aliphatic carbocycles. The van der Waals surface area contributed by atoms with Crippen molar-refractivity contribution in [2.24, 2.45) is 10.9 Å². The van der Waals surface area contributed by atoms with Crippen LogP contribution in [0.4, 0.5) is 23.2 Å². The molecule has 2 aliphatic rings. The zero-order chi connectivity index (χ0) is 26.9. The van der Waals surface area contributed by atoms with E-state index < -0.39 is 41.5 Å². The SMILES string of the molecule is CC1CN(C2=NC(NC(=O)[C@@H](C)Cc3ccc(C(F)(F)F)c(F)c3)C(=O)Nc3ccccc32)CC(C)O1. The number of nitrogens with zero attached hydrogens (tertiary/aromatic N) is 2. The van der Waals surface area contributed by atoms with Crippen LogP contribution >= 0.6 is 0 Å². The van der Waals surface area contributed by atoms with Gasteiger partial charge in [-0.3, -0.25) is 9.59 Å². The highest BCUT2D eigenvalue weighted by molar-refractivity contribution is 6.11. The number of morpholine rings is 1. The van der Waals surface area contributed by atoms with Crippen LogP contribution in [0.5, 0.6) is 0 Å². The van der Waals surface area contributed by atoms with Crippen molar-refractivity contribution >= 4 is 23.3 Å². The molecule has 2 aromatic rings. The van der Waals surface area contributed by atoms with E-state index >= 15 is 0 Å². The molecule has 198 valence electrons. The lowest BCUT2D eigenvalue weighted by Crippen LogP contribution is -2.50. The topological polar surface area (TPSA) is 83.0 Å². The zero-order valence-electron chi connectivity index (χ0n) is 20.6. The van der Waals surface area contributed by atoms with Crippen molar-refractivity contribution in [2.75, 3.05) is 18.4 Å². The second kappa shape index (κ2) is 10.5. The largest absolute Gasteiger partial charge is 0.419 e. The Bertz CT molecular complexity index is 1210. The minimum atomic E-state index is -4.80. The molecular weight excluding hydrogens is 492 g/mol. The Hall–Kier alpha value is -3.47. The summed E-state index contributed by atoms with van der Waals surface area (Å²) >= 11 is 0. The molecule has 4 atom stereocenters. The number of halogens is 4. The van der Waals surface area contributed by atoms with Gasteiger partial charge in [-0.05, 0) is 50.1 Å². The van der Waals surface area contributed by atoms with E-state index in [1.807, 2.05) is 30.9 Å². The van der Waals surface area contributed by atoms with E-state index in [2.05, 4.69) is 15.6 Å². The zero-order valence-corrected chi connectivity index (χ0v) is 20.6. The van der Waals surface area contributed by atoms with Crippen molar-refractivity contribution in [1.29, 1.82) is 0 Å². The summed E-state index contributed by atoms with van der Waals surface area (Å²) in [6.07, 6.45) is -6.20. The molecule has 37 heavy (non-hydrogen) atoms. The van der Waals surface area contributed by atoms with E-state index in [0.29, 0.717) is 36.2 Å². The van der Waals surface area contributed by atoms with Crippen LogP contribution in [-0.4, -0.2) is 54.0 Å². The monoisotopic (exact) mass is 520 g/mol. The highest BCUT2D eigenvalue weighted by Crippen LogP contribution is 2.32. The molecule has 2 aromatic carbocycles. The number of hydrogen-bond donors (Lipinski definition) is 2. The lowest BCUT2D eigenvalue weighted by atomic mass is 9.99. The number of hydrogen-bond acceptors (Lipinski definition) is 5. The fourth-order valence-corrected chi connectivity index (χ4v) is 4.58. The molecule has 4 rings (SSSR count). The van der Waals surface area contributed by atoms with Crippen LogP contribution in [0.3, 0.4) is 0 Å². The van der Waals surface area contributed by atoms with Crippen LogP contribution < -0.4 is 10.6 Å². The Morgan fingerprint density at radius 1 is 1.19 bits per heavy atom. The fraction of sp³-hybridized carbons (Fsp3) is 0.423. The second-order valence-electron chi connectivity index (χ2n) is 9.48. The minimum absolute atomic E-state index is 0.0233. The fourth-order valence-electron chi connectivity index (χ4n) is 4.58. The van der Waals surface area contributed by atoms with E-state index in [1.165, 1.54) is 0 Å². The van der Waals surface area contributed by atoms with Gasteiger partial charge in [-0.25, -0.2) is 9.38 Å². The van der Waals surface area contributed by atoms with Gasteiger partial charge in [0.05, 0.1) is 23.5 Å². The minimum Gasteiger partial charge on any atom is -0.372 e. The number of benzene rings is 2. The Balaban J connectivity index is 1.54. The highest BCUT2D eigenvalue weighted by atomic mass is 19.4. The maximum absolute atomic E-state index is 14.0. The van der Waals surface area contributed by atoms with Gasteiger partial charge in [0, 0.05) is 24.6 Å². The molecule has 0 bridgehead atoms. The maximum Gasteiger partial charge on any atom is 0.419 e. The molecule has 1 fully saturated rings. The number of benzodiazepines with no additional fused rings is 1. The van der Waals surface area contributed by atoms with E-state index in [4.69, 9.17) is 4.74 Å². The first-order valence-corrected chi connectivity index (χ1v) is 12.0. The quantitative estimate of drug-likeness (QED) is 0.598. The van der Waals surface area contributed by atoms with Gasteiger partial charge < -0.3 is 20.3 Å². The lowest BCUT2D eigenvalue weighted by molar-refractivity contribution is -0.140. The molecule has 2 heterocycles. The second-order valence-corrected chi connectivity index (χ2v) is 9.48. The van der Waals surface area contributed by atoms with Crippen LogP contribution in [-0.2, 0) is 26.9 Å². The van der Waals surface area contributed by atoms with Crippen molar-refractivity contribution in [3.8, 4) is 0 Å². The number of amides is 2. The van der Waals surface area contributed by atoms with Gasteiger partial charge in [0.2, 0.25) is 12.1 Å². The molecule has 3 unspecified atom stereocenters. The molecule has 2 aliphatic heterocycles. The smallest absolute Gasteiger partial charge is 0.372 e. The van der Waals surface area contributed by atoms with Gasteiger partial charge in [0.15, 0.2) is 0 Å².